The van der Waals surface area contributed by atoms with Gasteiger partial charge in [-0.15, -0.1) is 0 Å². The standard InChI is InChI=1S/C28H23F3N2O5/c1-28(12-18(13-28)38-27(37)32-2)25-23(14-3-5-15(6-4-14)26(35)36)24-21(9-16(29)10-22(24)34)33(25)17-7-8-19(30)20(31)11-17/h3-11,18,34H,12-13H2,1-2H3,(H,32,37)(H,35,36). The van der Waals surface area contributed by atoms with Gasteiger partial charge in [0.15, 0.2) is 11.6 Å². The SMILES string of the molecule is CNC(=O)OC1CC(C)(c2c(-c3ccc(C(=O)O)cc3)c3c(O)cc(F)cc3n2-c2ccc(F)c(F)c2)C1. The number of aromatic nitrogens is 1. The van der Waals surface area contributed by atoms with Gasteiger partial charge in [-0.25, -0.2) is 22.8 Å². The second-order valence-electron chi connectivity index (χ2n) is 9.61. The summed E-state index contributed by atoms with van der Waals surface area (Å²) in [7, 11) is 1.44. The van der Waals surface area contributed by atoms with Crippen molar-refractivity contribution in [3.8, 4) is 22.6 Å². The number of phenolic OH excluding ortho intramolecular Hbond substituents is 1. The molecule has 5 rings (SSSR count). The highest BCUT2D eigenvalue weighted by atomic mass is 19.2. The summed E-state index contributed by atoms with van der Waals surface area (Å²) < 4.78 is 49.9. The number of nitrogens with one attached hydrogen (secondary N) is 1. The Balaban J connectivity index is 1.82. The fourth-order valence-electron chi connectivity index (χ4n) is 5.32. The first-order valence-corrected chi connectivity index (χ1v) is 11.8. The Hall–Kier alpha value is -4.47. The fraction of sp³-hybridized carbons (Fsp3) is 0.214. The minimum atomic E-state index is -1.12. The monoisotopic (exact) mass is 524 g/mol. The zero-order valence-electron chi connectivity index (χ0n) is 20.4. The van der Waals surface area contributed by atoms with Crippen LogP contribution in [-0.2, 0) is 10.2 Å². The number of hydrogen-bond acceptors (Lipinski definition) is 4. The maximum atomic E-state index is 14.6. The zero-order chi connectivity index (χ0) is 27.4. The van der Waals surface area contributed by atoms with Crippen LogP contribution in [-0.4, -0.2) is 40.0 Å². The highest BCUT2D eigenvalue weighted by Gasteiger charge is 2.48. The van der Waals surface area contributed by atoms with Crippen LogP contribution in [0.3, 0.4) is 0 Å². The second kappa shape index (κ2) is 9.13. The number of aromatic carboxylic acids is 1. The van der Waals surface area contributed by atoms with Crippen molar-refractivity contribution in [2.75, 3.05) is 7.05 Å². The van der Waals surface area contributed by atoms with Crippen LogP contribution >= 0.6 is 0 Å². The minimum Gasteiger partial charge on any atom is -0.507 e. The molecule has 3 N–H and O–H groups in total. The number of carbonyl (C=O) groups excluding carboxylic acids is 1. The lowest BCUT2D eigenvalue weighted by molar-refractivity contribution is 0.00485. The summed E-state index contributed by atoms with van der Waals surface area (Å²) in [6.45, 7) is 1.89. The lowest BCUT2D eigenvalue weighted by atomic mass is 9.64. The lowest BCUT2D eigenvalue weighted by Crippen LogP contribution is -2.47. The molecule has 1 aromatic heterocycles. The molecule has 10 heteroatoms. The Bertz CT molecular complexity index is 1590. The van der Waals surface area contributed by atoms with E-state index in [1.54, 1.807) is 16.7 Å². The number of carboxylic acid groups (broad SMARTS) is 1. The van der Waals surface area contributed by atoms with E-state index in [2.05, 4.69) is 5.32 Å². The average molecular weight is 524 g/mol. The van der Waals surface area contributed by atoms with Crippen molar-refractivity contribution in [1.29, 1.82) is 0 Å². The third-order valence-corrected chi connectivity index (χ3v) is 7.00. The van der Waals surface area contributed by atoms with Crippen molar-refractivity contribution in [2.45, 2.75) is 31.3 Å². The van der Waals surface area contributed by atoms with Gasteiger partial charge < -0.3 is 24.8 Å². The minimum absolute atomic E-state index is 0.0452. The number of fused-ring (bicyclic) bond motifs is 1. The summed E-state index contributed by atoms with van der Waals surface area (Å²) in [6.07, 6.45) is -0.334. The number of benzene rings is 3. The molecule has 0 spiro atoms. The molecule has 38 heavy (non-hydrogen) atoms. The van der Waals surface area contributed by atoms with E-state index in [4.69, 9.17) is 4.74 Å². The number of phenols is 1. The molecule has 0 atom stereocenters. The van der Waals surface area contributed by atoms with Gasteiger partial charge in [-0.05, 0) is 48.7 Å². The Kier molecular flexibility index (Phi) is 6.05. The van der Waals surface area contributed by atoms with Gasteiger partial charge in [-0.3, -0.25) is 0 Å². The van der Waals surface area contributed by atoms with Crippen molar-refractivity contribution in [1.82, 2.24) is 9.88 Å². The average Bonchev–Trinajstić information content (AvgIpc) is 3.20. The van der Waals surface area contributed by atoms with Crippen LogP contribution in [0.4, 0.5) is 18.0 Å². The number of carboxylic acids is 1. The van der Waals surface area contributed by atoms with E-state index in [1.807, 2.05) is 6.92 Å². The van der Waals surface area contributed by atoms with Gasteiger partial charge in [-0.1, -0.05) is 19.1 Å². The van der Waals surface area contributed by atoms with Gasteiger partial charge in [-0.2, -0.15) is 0 Å². The zero-order valence-corrected chi connectivity index (χ0v) is 20.4. The van der Waals surface area contributed by atoms with Crippen LogP contribution in [0.25, 0.3) is 27.7 Å². The van der Waals surface area contributed by atoms with Gasteiger partial charge in [0.1, 0.15) is 17.7 Å². The van der Waals surface area contributed by atoms with Gasteiger partial charge in [0.05, 0.1) is 16.5 Å². The first-order chi connectivity index (χ1) is 18.0. The normalized spacial score (nSPS) is 18.7. The van der Waals surface area contributed by atoms with Crippen LogP contribution in [0.2, 0.25) is 0 Å². The van der Waals surface area contributed by atoms with E-state index < -0.39 is 41.0 Å². The molecule has 1 saturated carbocycles. The highest BCUT2D eigenvalue weighted by molar-refractivity contribution is 6.04. The maximum absolute atomic E-state index is 14.6. The molecule has 1 heterocycles. The number of alkyl carbamates (subject to hydrolysis) is 1. The summed E-state index contributed by atoms with van der Waals surface area (Å²) in [5, 5.41) is 22.9. The van der Waals surface area contributed by atoms with Crippen molar-refractivity contribution in [3.63, 3.8) is 0 Å². The topological polar surface area (TPSA) is 101 Å². The molecule has 3 aromatic carbocycles. The molecule has 196 valence electrons. The van der Waals surface area contributed by atoms with E-state index in [1.165, 1.54) is 31.3 Å². The first kappa shape index (κ1) is 25.2. The third-order valence-electron chi connectivity index (χ3n) is 7.00. The molecule has 0 aliphatic heterocycles. The van der Waals surface area contributed by atoms with Crippen molar-refractivity contribution >= 4 is 23.0 Å². The predicted octanol–water partition coefficient (Wildman–Crippen LogP) is 5.89. The van der Waals surface area contributed by atoms with E-state index in [0.29, 0.717) is 29.7 Å². The van der Waals surface area contributed by atoms with Crippen molar-refractivity contribution in [2.24, 2.45) is 0 Å². The predicted molar refractivity (Wildman–Crippen MR) is 133 cm³/mol. The van der Waals surface area contributed by atoms with Crippen LogP contribution in [0.5, 0.6) is 5.75 Å². The fourth-order valence-corrected chi connectivity index (χ4v) is 5.32. The molecule has 0 bridgehead atoms. The van der Waals surface area contributed by atoms with Gasteiger partial charge in [0.25, 0.3) is 0 Å². The molecular weight excluding hydrogens is 501 g/mol. The lowest BCUT2D eigenvalue weighted by Gasteiger charge is -2.45. The van der Waals surface area contributed by atoms with Crippen LogP contribution < -0.4 is 5.32 Å². The Labute approximate surface area is 215 Å². The van der Waals surface area contributed by atoms with E-state index in [0.717, 1.165) is 18.2 Å². The number of amides is 1. The number of nitrogens with zero attached hydrogens (tertiary/aromatic N) is 1. The molecule has 1 fully saturated rings. The Morgan fingerprint density at radius 3 is 2.32 bits per heavy atom. The number of ether oxygens (including phenoxy) is 1. The number of aromatic hydroxyl groups is 1. The van der Waals surface area contributed by atoms with E-state index in [9.17, 15) is 33.0 Å². The quantitative estimate of drug-likeness (QED) is 0.302. The summed E-state index contributed by atoms with van der Waals surface area (Å²) in [5.41, 5.74) is 1.27. The van der Waals surface area contributed by atoms with Crippen molar-refractivity contribution in [3.05, 3.63) is 83.3 Å². The smallest absolute Gasteiger partial charge is 0.407 e. The van der Waals surface area contributed by atoms with Gasteiger partial charge in [0, 0.05) is 41.5 Å². The number of halogens is 3. The third kappa shape index (κ3) is 4.11. The van der Waals surface area contributed by atoms with Crippen LogP contribution in [0.15, 0.2) is 54.6 Å². The molecular formula is C28H23F3N2O5. The highest BCUT2D eigenvalue weighted by Crippen LogP contribution is 2.53. The Morgan fingerprint density at radius 1 is 1.03 bits per heavy atom. The molecule has 0 radical (unpaired) electrons. The first-order valence-electron chi connectivity index (χ1n) is 11.8. The second-order valence-corrected chi connectivity index (χ2v) is 9.61. The largest absolute Gasteiger partial charge is 0.507 e. The van der Waals surface area contributed by atoms with Crippen molar-refractivity contribution < 1.29 is 37.7 Å². The number of hydrogen-bond donors (Lipinski definition) is 3. The molecule has 7 nitrogen and oxygen atoms in total. The molecule has 0 saturated heterocycles. The molecule has 1 aliphatic rings. The molecule has 1 aliphatic carbocycles. The van der Waals surface area contributed by atoms with Gasteiger partial charge >= 0.3 is 12.1 Å². The van der Waals surface area contributed by atoms with E-state index >= 15 is 0 Å². The van der Waals surface area contributed by atoms with Crippen LogP contribution in [0.1, 0.15) is 35.8 Å². The Morgan fingerprint density at radius 2 is 1.71 bits per heavy atom. The summed E-state index contributed by atoms with van der Waals surface area (Å²) >= 11 is 0. The van der Waals surface area contributed by atoms with Gasteiger partial charge in [0.2, 0.25) is 0 Å². The summed E-state index contributed by atoms with van der Waals surface area (Å²) in [4.78, 5) is 23.2. The summed E-state index contributed by atoms with van der Waals surface area (Å²) in [6, 6.07) is 11.4. The number of rotatable bonds is 5. The summed E-state index contributed by atoms with van der Waals surface area (Å²) in [5.74, 6) is -4.40. The maximum Gasteiger partial charge on any atom is 0.407 e. The molecule has 4 aromatic rings. The molecule has 0 unspecified atom stereocenters. The molecule has 1 amide bonds. The number of carbonyl (C=O) groups is 2. The van der Waals surface area contributed by atoms with E-state index in [-0.39, 0.29) is 27.9 Å². The van der Waals surface area contributed by atoms with Crippen LogP contribution in [0, 0.1) is 17.5 Å².